The van der Waals surface area contributed by atoms with Crippen LogP contribution in [0.4, 0.5) is 17.2 Å². The lowest BCUT2D eigenvalue weighted by Crippen LogP contribution is -2.11. The number of aromatic nitrogens is 1. The van der Waals surface area contributed by atoms with Crippen LogP contribution in [0.5, 0.6) is 5.75 Å². The molecule has 0 aliphatic heterocycles. The number of hydrogen-bond acceptors (Lipinski definition) is 6. The molecule has 0 saturated carbocycles. The number of anilines is 3. The molecule has 0 radical (unpaired) electrons. The number of sulfonamides is 1. The fourth-order valence-electron chi connectivity index (χ4n) is 2.21. The Morgan fingerprint density at radius 3 is 2.54 bits per heavy atom. The highest BCUT2D eigenvalue weighted by Gasteiger charge is 2.15. The van der Waals surface area contributed by atoms with Crippen molar-refractivity contribution in [2.24, 2.45) is 0 Å². The molecule has 0 saturated heterocycles. The molecule has 0 aliphatic rings. The number of benzene rings is 1. The van der Waals surface area contributed by atoms with E-state index in [1.165, 1.54) is 6.20 Å². The molecule has 26 heavy (non-hydrogen) atoms. The van der Waals surface area contributed by atoms with E-state index in [-0.39, 0.29) is 10.3 Å². The van der Waals surface area contributed by atoms with Crippen molar-refractivity contribution < 1.29 is 13.2 Å². The number of thiophene rings is 1. The van der Waals surface area contributed by atoms with E-state index in [1.54, 1.807) is 29.6 Å². The number of ether oxygens (including phenoxy) is 1. The van der Waals surface area contributed by atoms with Crippen molar-refractivity contribution in [1.29, 1.82) is 0 Å². The van der Waals surface area contributed by atoms with Gasteiger partial charge in [-0.15, -0.1) is 11.3 Å². The number of hydrogen-bond donors (Lipinski definition) is 2. The molecule has 2 N–H and O–H groups in total. The standard InChI is InChI=1S/C18H19N3O3S2/c1-13(2)24-16-7-4-3-6-15(16)20-17-10-9-14(12-19-17)21-26(22,23)18-8-5-11-25-18/h3-13,21H,1-2H3,(H,19,20). The van der Waals surface area contributed by atoms with Gasteiger partial charge in [-0.2, -0.15) is 0 Å². The summed E-state index contributed by atoms with van der Waals surface area (Å²) in [5, 5.41) is 4.90. The van der Waals surface area contributed by atoms with Crippen LogP contribution in [0.25, 0.3) is 0 Å². The van der Waals surface area contributed by atoms with E-state index >= 15 is 0 Å². The van der Waals surface area contributed by atoms with Gasteiger partial charge in [0, 0.05) is 0 Å². The third-order valence-corrected chi connectivity index (χ3v) is 6.07. The van der Waals surface area contributed by atoms with Crippen LogP contribution in [0.1, 0.15) is 13.8 Å². The lowest BCUT2D eigenvalue weighted by atomic mass is 10.3. The first kappa shape index (κ1) is 18.2. The van der Waals surface area contributed by atoms with Crippen molar-refractivity contribution in [2.45, 2.75) is 24.2 Å². The number of nitrogens with one attached hydrogen (secondary N) is 2. The zero-order chi connectivity index (χ0) is 18.6. The summed E-state index contributed by atoms with van der Waals surface area (Å²) >= 11 is 1.16. The van der Waals surface area contributed by atoms with E-state index in [4.69, 9.17) is 4.74 Å². The zero-order valence-electron chi connectivity index (χ0n) is 14.3. The highest BCUT2D eigenvalue weighted by molar-refractivity contribution is 7.94. The van der Waals surface area contributed by atoms with Gasteiger partial charge in [-0.1, -0.05) is 18.2 Å². The predicted octanol–water partition coefficient (Wildman–Crippen LogP) is 4.47. The van der Waals surface area contributed by atoms with Crippen molar-refractivity contribution in [1.82, 2.24) is 4.98 Å². The van der Waals surface area contributed by atoms with Gasteiger partial charge in [0.1, 0.15) is 15.8 Å². The van der Waals surface area contributed by atoms with Gasteiger partial charge >= 0.3 is 0 Å². The van der Waals surface area contributed by atoms with E-state index in [9.17, 15) is 8.42 Å². The third-order valence-electron chi connectivity index (χ3n) is 3.29. The monoisotopic (exact) mass is 389 g/mol. The molecular formula is C18H19N3O3S2. The Labute approximate surface area is 156 Å². The van der Waals surface area contributed by atoms with Gasteiger partial charge < -0.3 is 10.1 Å². The van der Waals surface area contributed by atoms with Gasteiger partial charge in [0.05, 0.1) is 23.7 Å². The lowest BCUT2D eigenvalue weighted by molar-refractivity contribution is 0.244. The van der Waals surface area contributed by atoms with Crippen molar-refractivity contribution in [3.63, 3.8) is 0 Å². The Morgan fingerprint density at radius 1 is 1.08 bits per heavy atom. The molecule has 8 heteroatoms. The van der Waals surface area contributed by atoms with Crippen LogP contribution in [-0.4, -0.2) is 19.5 Å². The molecule has 3 aromatic rings. The first-order chi connectivity index (χ1) is 12.4. The van der Waals surface area contributed by atoms with Gasteiger partial charge in [0.15, 0.2) is 0 Å². The zero-order valence-corrected chi connectivity index (χ0v) is 16.0. The van der Waals surface area contributed by atoms with Crippen LogP contribution in [0, 0.1) is 0 Å². The largest absolute Gasteiger partial charge is 0.489 e. The van der Waals surface area contributed by atoms with Crippen molar-refractivity contribution >= 4 is 38.6 Å². The van der Waals surface area contributed by atoms with Crippen LogP contribution in [-0.2, 0) is 10.0 Å². The van der Waals surface area contributed by atoms with Gasteiger partial charge in [-0.05, 0) is 49.6 Å². The minimum atomic E-state index is -3.57. The van der Waals surface area contributed by atoms with Crippen molar-refractivity contribution in [2.75, 3.05) is 10.0 Å². The van der Waals surface area contributed by atoms with Gasteiger partial charge in [-0.25, -0.2) is 13.4 Å². The second-order valence-electron chi connectivity index (χ2n) is 5.76. The lowest BCUT2D eigenvalue weighted by Gasteiger charge is -2.15. The van der Waals surface area contributed by atoms with Crippen LogP contribution < -0.4 is 14.8 Å². The Morgan fingerprint density at radius 2 is 1.88 bits per heavy atom. The highest BCUT2D eigenvalue weighted by Crippen LogP contribution is 2.28. The van der Waals surface area contributed by atoms with Gasteiger partial charge in [-0.3, -0.25) is 4.72 Å². The summed E-state index contributed by atoms with van der Waals surface area (Å²) in [6.07, 6.45) is 1.53. The maximum absolute atomic E-state index is 12.2. The Balaban J connectivity index is 1.73. The first-order valence-corrected chi connectivity index (χ1v) is 10.4. The van der Waals surface area contributed by atoms with E-state index in [0.29, 0.717) is 11.5 Å². The second kappa shape index (κ2) is 7.76. The van der Waals surface area contributed by atoms with Gasteiger partial charge in [0.2, 0.25) is 0 Å². The highest BCUT2D eigenvalue weighted by atomic mass is 32.2. The summed E-state index contributed by atoms with van der Waals surface area (Å²) in [6.45, 7) is 3.92. The van der Waals surface area contributed by atoms with Crippen LogP contribution in [0.3, 0.4) is 0 Å². The molecule has 0 bridgehead atoms. The number of para-hydroxylation sites is 2. The molecule has 136 valence electrons. The maximum atomic E-state index is 12.2. The number of nitrogens with zero attached hydrogens (tertiary/aromatic N) is 1. The minimum absolute atomic E-state index is 0.0555. The fourth-order valence-corrected chi connectivity index (χ4v) is 4.25. The van der Waals surface area contributed by atoms with Crippen LogP contribution in [0.15, 0.2) is 64.3 Å². The number of rotatable bonds is 7. The third kappa shape index (κ3) is 4.53. The summed E-state index contributed by atoms with van der Waals surface area (Å²) in [5.74, 6) is 1.32. The van der Waals surface area contributed by atoms with Crippen LogP contribution in [0.2, 0.25) is 0 Å². The van der Waals surface area contributed by atoms with E-state index < -0.39 is 10.0 Å². The van der Waals surface area contributed by atoms with Crippen molar-refractivity contribution in [3.05, 3.63) is 60.1 Å². The summed E-state index contributed by atoms with van der Waals surface area (Å²) in [4.78, 5) is 4.27. The molecule has 0 unspecified atom stereocenters. The van der Waals surface area contributed by atoms with E-state index in [2.05, 4.69) is 15.0 Å². The molecule has 2 heterocycles. The molecule has 0 aliphatic carbocycles. The maximum Gasteiger partial charge on any atom is 0.271 e. The Kier molecular flexibility index (Phi) is 5.43. The average Bonchev–Trinajstić information content (AvgIpc) is 3.13. The predicted molar refractivity (Wildman–Crippen MR) is 105 cm³/mol. The molecule has 1 aromatic carbocycles. The molecule has 3 rings (SSSR count). The first-order valence-electron chi connectivity index (χ1n) is 7.99. The molecule has 0 fully saturated rings. The normalized spacial score (nSPS) is 11.3. The molecule has 0 spiro atoms. The summed E-state index contributed by atoms with van der Waals surface area (Å²) in [7, 11) is -3.57. The molecule has 0 atom stereocenters. The summed E-state index contributed by atoms with van der Waals surface area (Å²) in [5.41, 5.74) is 1.19. The number of pyridine rings is 1. The van der Waals surface area contributed by atoms with Crippen molar-refractivity contribution in [3.8, 4) is 5.75 Å². The summed E-state index contributed by atoms with van der Waals surface area (Å²) < 4.78 is 33.0. The molecule has 0 amide bonds. The van der Waals surface area contributed by atoms with Gasteiger partial charge in [0.25, 0.3) is 10.0 Å². The second-order valence-corrected chi connectivity index (χ2v) is 8.61. The van der Waals surface area contributed by atoms with E-state index in [1.807, 2.05) is 38.1 Å². The minimum Gasteiger partial charge on any atom is -0.489 e. The smallest absolute Gasteiger partial charge is 0.271 e. The van der Waals surface area contributed by atoms with Crippen LogP contribution >= 0.6 is 11.3 Å². The molecular weight excluding hydrogens is 370 g/mol. The Bertz CT molecular complexity index is 954. The molecule has 6 nitrogen and oxygen atoms in total. The average molecular weight is 390 g/mol. The fraction of sp³-hybridized carbons (Fsp3) is 0.167. The quantitative estimate of drug-likeness (QED) is 0.623. The topological polar surface area (TPSA) is 80.3 Å². The SMILES string of the molecule is CC(C)Oc1ccccc1Nc1ccc(NS(=O)(=O)c2cccs2)cn1. The summed E-state index contributed by atoms with van der Waals surface area (Å²) in [6, 6.07) is 14.2. The van der Waals surface area contributed by atoms with E-state index in [0.717, 1.165) is 22.8 Å². The molecule has 2 aromatic heterocycles. The Hall–Kier alpha value is -2.58.